The van der Waals surface area contributed by atoms with Crippen molar-refractivity contribution in [1.82, 2.24) is 0 Å². The Bertz CT molecular complexity index is 591. The van der Waals surface area contributed by atoms with Gasteiger partial charge in [0.25, 0.3) is 10.1 Å². The van der Waals surface area contributed by atoms with Gasteiger partial charge in [-0.3, -0.25) is 14.1 Å². The molecule has 9 heteroatoms. The quantitative estimate of drug-likeness (QED) is 0.0870. The van der Waals surface area contributed by atoms with Crippen LogP contribution in [0, 0.1) is 0 Å². The van der Waals surface area contributed by atoms with Crippen LogP contribution in [-0.2, 0) is 24.4 Å². The first-order valence-electron chi connectivity index (χ1n) is 11.3. The van der Waals surface area contributed by atoms with Crippen molar-refractivity contribution in [2.45, 2.75) is 108 Å². The second-order valence-electron chi connectivity index (χ2n) is 7.71. The molecule has 0 aliphatic heterocycles. The van der Waals surface area contributed by atoms with Gasteiger partial charge in [0.1, 0.15) is 0 Å². The van der Waals surface area contributed by atoms with Gasteiger partial charge in [-0.25, -0.2) is 0 Å². The molecule has 0 amide bonds. The maximum absolute atomic E-state index is 11.7. The van der Waals surface area contributed by atoms with Crippen LogP contribution in [0.1, 0.15) is 103 Å². The van der Waals surface area contributed by atoms with Crippen molar-refractivity contribution < 1.29 is 32.4 Å². The second kappa shape index (κ2) is 21.4. The summed E-state index contributed by atoms with van der Waals surface area (Å²) in [5, 5.41) is 6.56. The third-order valence-electron chi connectivity index (χ3n) is 4.88. The van der Waals surface area contributed by atoms with Crippen molar-refractivity contribution in [1.29, 1.82) is 0 Å². The molecule has 0 radical (unpaired) electrons. The van der Waals surface area contributed by atoms with Crippen LogP contribution in [0.3, 0.4) is 0 Å². The van der Waals surface area contributed by atoms with E-state index in [1.54, 1.807) is 0 Å². The van der Waals surface area contributed by atoms with E-state index in [-0.39, 0.29) is 36.2 Å². The first-order valence-corrected chi connectivity index (χ1v) is 12.8. The Balaban J connectivity index is 0. The van der Waals surface area contributed by atoms with E-state index in [4.69, 9.17) is 14.4 Å². The second-order valence-corrected chi connectivity index (χ2v) is 9.31. The molecule has 0 fully saturated rings. The molecule has 7 nitrogen and oxygen atoms in total. The molecule has 178 valence electrons. The van der Waals surface area contributed by atoms with Crippen molar-refractivity contribution in [2.24, 2.45) is 0 Å². The Labute approximate surface area is 210 Å². The van der Waals surface area contributed by atoms with Gasteiger partial charge < -0.3 is 9.84 Å². The summed E-state index contributed by atoms with van der Waals surface area (Å²) in [6, 6.07) is 0. The third-order valence-corrected chi connectivity index (χ3v) is 5.96. The van der Waals surface area contributed by atoms with E-state index in [1.807, 2.05) is 0 Å². The number of aliphatic carboxylic acids is 1. The first kappa shape index (κ1) is 32.8. The van der Waals surface area contributed by atoms with Crippen molar-refractivity contribution in [3.63, 3.8) is 0 Å². The number of carboxylic acids is 1. The molecule has 0 saturated carbocycles. The standard InChI is InChI=1S/C22H40O7S.Na.H/c1-2-3-4-5-6-7-8-9-10-11-12-13-14-15-16-17-18-29-22(25)20(19-21(23)24)30(26,27)28;;/h9-10,20H,2-8,11-19H2,1H3,(H,23,24)(H,26,27,28);;/b10-9-;;. The van der Waals surface area contributed by atoms with E-state index in [2.05, 4.69) is 19.1 Å². The molecule has 31 heavy (non-hydrogen) atoms. The van der Waals surface area contributed by atoms with Crippen molar-refractivity contribution in [3.8, 4) is 0 Å². The minimum absolute atomic E-state index is 0. The van der Waals surface area contributed by atoms with Gasteiger partial charge in [0.15, 0.2) is 5.25 Å². The summed E-state index contributed by atoms with van der Waals surface area (Å²) in [6.07, 6.45) is 19.6. The summed E-state index contributed by atoms with van der Waals surface area (Å²) >= 11 is 0. The monoisotopic (exact) mass is 472 g/mol. The SMILES string of the molecule is CCCCCCCC/C=C\CCCCCCCCOC(=O)C(CC(=O)O)S(=O)(=O)O.[NaH]. The molecule has 2 N–H and O–H groups in total. The topological polar surface area (TPSA) is 118 Å². The van der Waals surface area contributed by atoms with Crippen LogP contribution in [0.25, 0.3) is 0 Å². The number of esters is 1. The number of carbonyl (C=O) groups excluding carboxylic acids is 1. The van der Waals surface area contributed by atoms with Crippen LogP contribution in [0.5, 0.6) is 0 Å². The molecule has 0 rings (SSSR count). The fourth-order valence-corrected chi connectivity index (χ4v) is 3.75. The predicted octanol–water partition coefficient (Wildman–Crippen LogP) is 4.65. The number of carboxylic acid groups (broad SMARTS) is 1. The molecule has 0 aromatic heterocycles. The third kappa shape index (κ3) is 21.2. The van der Waals surface area contributed by atoms with Gasteiger partial charge >= 0.3 is 41.5 Å². The summed E-state index contributed by atoms with van der Waals surface area (Å²) in [6.45, 7) is 2.25. The summed E-state index contributed by atoms with van der Waals surface area (Å²) < 4.78 is 35.9. The summed E-state index contributed by atoms with van der Waals surface area (Å²) in [7, 11) is -4.79. The summed E-state index contributed by atoms with van der Waals surface area (Å²) in [4.78, 5) is 22.3. The predicted molar refractivity (Wildman–Crippen MR) is 125 cm³/mol. The average molecular weight is 473 g/mol. The molecular formula is C22H41NaO7S. The number of ether oxygens (including phenoxy) is 1. The van der Waals surface area contributed by atoms with Crippen LogP contribution in [0.4, 0.5) is 0 Å². The van der Waals surface area contributed by atoms with Gasteiger partial charge in [-0.2, -0.15) is 8.42 Å². The van der Waals surface area contributed by atoms with Gasteiger partial charge in [0, 0.05) is 0 Å². The van der Waals surface area contributed by atoms with Crippen molar-refractivity contribution >= 4 is 51.6 Å². The first-order chi connectivity index (χ1) is 14.3. The Morgan fingerprint density at radius 3 is 1.74 bits per heavy atom. The van der Waals surface area contributed by atoms with E-state index < -0.39 is 33.7 Å². The minimum atomic E-state index is -4.79. The molecule has 0 bridgehead atoms. The fraction of sp³-hybridized carbons (Fsp3) is 0.818. The molecular weight excluding hydrogens is 431 g/mol. The Morgan fingerprint density at radius 2 is 1.29 bits per heavy atom. The van der Waals surface area contributed by atoms with Gasteiger partial charge in [-0.1, -0.05) is 76.9 Å². The fourth-order valence-electron chi connectivity index (χ4n) is 3.08. The molecule has 0 aliphatic carbocycles. The molecule has 0 heterocycles. The van der Waals surface area contributed by atoms with E-state index in [0.717, 1.165) is 38.5 Å². The number of hydrogen-bond acceptors (Lipinski definition) is 5. The summed E-state index contributed by atoms with van der Waals surface area (Å²) in [5.74, 6) is -2.71. The zero-order valence-corrected chi connectivity index (χ0v) is 19.2. The number of unbranched alkanes of at least 4 members (excludes halogenated alkanes) is 12. The van der Waals surface area contributed by atoms with E-state index >= 15 is 0 Å². The van der Waals surface area contributed by atoms with Gasteiger partial charge in [0.2, 0.25) is 0 Å². The van der Waals surface area contributed by atoms with E-state index in [9.17, 15) is 18.0 Å². The van der Waals surface area contributed by atoms with Crippen LogP contribution >= 0.6 is 0 Å². The molecule has 0 aromatic rings. The Morgan fingerprint density at radius 1 is 0.839 bits per heavy atom. The maximum atomic E-state index is 11.7. The van der Waals surface area contributed by atoms with E-state index in [1.165, 1.54) is 44.9 Å². The van der Waals surface area contributed by atoms with Gasteiger partial charge in [-0.05, 0) is 32.1 Å². The van der Waals surface area contributed by atoms with Crippen LogP contribution in [0.15, 0.2) is 12.2 Å². The van der Waals surface area contributed by atoms with Crippen LogP contribution in [0.2, 0.25) is 0 Å². The molecule has 1 unspecified atom stereocenters. The number of rotatable bonds is 20. The Hall–Kier alpha value is -0.410. The zero-order chi connectivity index (χ0) is 22.7. The normalized spacial score (nSPS) is 12.5. The molecule has 0 aromatic carbocycles. The number of carbonyl (C=O) groups is 2. The zero-order valence-electron chi connectivity index (χ0n) is 18.4. The number of hydrogen-bond donors (Lipinski definition) is 2. The van der Waals surface area contributed by atoms with Crippen LogP contribution < -0.4 is 0 Å². The van der Waals surface area contributed by atoms with Crippen LogP contribution in [-0.4, -0.2) is 71.4 Å². The van der Waals surface area contributed by atoms with Crippen molar-refractivity contribution in [3.05, 3.63) is 12.2 Å². The van der Waals surface area contributed by atoms with Crippen molar-refractivity contribution in [2.75, 3.05) is 6.61 Å². The van der Waals surface area contributed by atoms with E-state index in [0.29, 0.717) is 6.42 Å². The molecule has 0 spiro atoms. The Kier molecular flexibility index (Phi) is 22.7. The summed E-state index contributed by atoms with van der Waals surface area (Å²) in [5.41, 5.74) is 0. The molecule has 0 saturated heterocycles. The average Bonchev–Trinajstić information content (AvgIpc) is 2.67. The number of allylic oxidation sites excluding steroid dienone is 2. The molecule has 0 aliphatic rings. The molecule has 1 atom stereocenters. The van der Waals surface area contributed by atoms with Gasteiger partial charge in [0.05, 0.1) is 13.0 Å². The van der Waals surface area contributed by atoms with Gasteiger partial charge in [-0.15, -0.1) is 0 Å².